The van der Waals surface area contributed by atoms with Crippen molar-refractivity contribution in [3.8, 4) is 0 Å². The fourth-order valence-electron chi connectivity index (χ4n) is 4.47. The van der Waals surface area contributed by atoms with Gasteiger partial charge in [0.05, 0.1) is 6.10 Å². The molecule has 4 nitrogen and oxygen atoms in total. The lowest BCUT2D eigenvalue weighted by molar-refractivity contribution is 0.0872. The van der Waals surface area contributed by atoms with Gasteiger partial charge >= 0.3 is 0 Å². The Bertz CT molecular complexity index is 660. The molecule has 3 heterocycles. The van der Waals surface area contributed by atoms with Gasteiger partial charge in [-0.2, -0.15) is 0 Å². The molecule has 0 amide bonds. The first-order chi connectivity index (χ1) is 12.8. The van der Waals surface area contributed by atoms with Crippen molar-refractivity contribution in [1.82, 2.24) is 9.88 Å². The number of aliphatic hydroxyl groups excluding tert-OH is 1. The maximum Gasteiger partial charge on any atom is 0.128 e. The maximum absolute atomic E-state index is 9.97. The molecule has 1 aliphatic heterocycles. The first kappa shape index (κ1) is 18.0. The summed E-state index contributed by atoms with van der Waals surface area (Å²) in [6.45, 7) is 5.49. The normalized spacial score (nSPS) is 27.6. The van der Waals surface area contributed by atoms with E-state index in [1.165, 1.54) is 11.3 Å². The third-order valence-electron chi connectivity index (χ3n) is 6.21. The molecule has 1 aliphatic carbocycles. The van der Waals surface area contributed by atoms with Crippen LogP contribution in [0.15, 0.2) is 41.9 Å². The van der Waals surface area contributed by atoms with Crippen LogP contribution in [-0.4, -0.2) is 53.8 Å². The van der Waals surface area contributed by atoms with Gasteiger partial charge in [-0.25, -0.2) is 4.98 Å². The molecular formula is C21H29N3OS. The topological polar surface area (TPSA) is 39.6 Å². The monoisotopic (exact) mass is 371 g/mol. The van der Waals surface area contributed by atoms with Gasteiger partial charge in [0, 0.05) is 42.7 Å². The molecule has 5 heteroatoms. The van der Waals surface area contributed by atoms with E-state index in [4.69, 9.17) is 0 Å². The molecular weight excluding hydrogens is 342 g/mol. The van der Waals surface area contributed by atoms with Crippen LogP contribution in [0.2, 0.25) is 0 Å². The summed E-state index contributed by atoms with van der Waals surface area (Å²) in [5, 5.41) is 12.2. The molecule has 1 N–H and O–H groups in total. The van der Waals surface area contributed by atoms with Gasteiger partial charge in [0.1, 0.15) is 5.82 Å². The van der Waals surface area contributed by atoms with Gasteiger partial charge in [-0.05, 0) is 62.2 Å². The molecule has 2 aromatic rings. The lowest BCUT2D eigenvalue weighted by Gasteiger charge is -2.41. The minimum atomic E-state index is -0.0926. The predicted octanol–water partition coefficient (Wildman–Crippen LogP) is 3.53. The molecule has 1 saturated heterocycles. The predicted molar refractivity (Wildman–Crippen MR) is 108 cm³/mol. The molecule has 0 spiro atoms. The second kappa shape index (κ2) is 8.07. The van der Waals surface area contributed by atoms with Gasteiger partial charge in [0.25, 0.3) is 0 Å². The van der Waals surface area contributed by atoms with Crippen LogP contribution < -0.4 is 4.90 Å². The lowest BCUT2D eigenvalue weighted by atomic mass is 9.70. The maximum atomic E-state index is 9.97. The minimum Gasteiger partial charge on any atom is -0.393 e. The summed E-state index contributed by atoms with van der Waals surface area (Å²) < 4.78 is 0. The Morgan fingerprint density at radius 3 is 2.54 bits per heavy atom. The number of hydrogen-bond donors (Lipinski definition) is 1. The summed E-state index contributed by atoms with van der Waals surface area (Å²) in [5.41, 5.74) is 0.283. The zero-order valence-electron chi connectivity index (χ0n) is 15.4. The van der Waals surface area contributed by atoms with Crippen LogP contribution in [0.1, 0.15) is 37.0 Å². The van der Waals surface area contributed by atoms with E-state index in [2.05, 4.69) is 44.4 Å². The third kappa shape index (κ3) is 3.95. The number of thiophene rings is 1. The highest BCUT2D eigenvalue weighted by atomic mass is 32.1. The lowest BCUT2D eigenvalue weighted by Crippen LogP contribution is -2.48. The minimum absolute atomic E-state index is 0.0926. The van der Waals surface area contributed by atoms with Crippen LogP contribution in [0.3, 0.4) is 0 Å². The zero-order valence-corrected chi connectivity index (χ0v) is 16.2. The summed E-state index contributed by atoms with van der Waals surface area (Å²) in [6.07, 6.45) is 7.15. The van der Waals surface area contributed by atoms with Crippen LogP contribution in [0.5, 0.6) is 0 Å². The van der Waals surface area contributed by atoms with Crippen LogP contribution >= 0.6 is 11.3 Å². The second-order valence-electron chi connectivity index (χ2n) is 7.76. The van der Waals surface area contributed by atoms with Crippen molar-refractivity contribution in [2.24, 2.45) is 0 Å². The summed E-state index contributed by atoms with van der Waals surface area (Å²) >= 11 is 1.90. The molecule has 0 aromatic carbocycles. The number of anilines is 1. The molecule has 1 saturated carbocycles. The summed E-state index contributed by atoms with van der Waals surface area (Å²) in [7, 11) is 0. The first-order valence-electron chi connectivity index (χ1n) is 9.86. The van der Waals surface area contributed by atoms with Crippen molar-refractivity contribution >= 4 is 17.2 Å². The molecule has 2 aliphatic rings. The molecule has 4 rings (SSSR count). The number of piperazine rings is 1. The van der Waals surface area contributed by atoms with Crippen molar-refractivity contribution in [2.75, 3.05) is 37.6 Å². The standard InChI is InChI=1S/C21H29N3OS/c25-18-6-8-21(9-7-18,19-4-3-17-26-19)10-12-23-13-15-24(16-14-23)20-5-1-2-11-22-20/h1-5,11,17-18,25H,6-10,12-16H2. The summed E-state index contributed by atoms with van der Waals surface area (Å²) in [4.78, 5) is 11.0. The van der Waals surface area contributed by atoms with Crippen LogP contribution in [0, 0.1) is 0 Å². The van der Waals surface area contributed by atoms with Crippen LogP contribution in [0.25, 0.3) is 0 Å². The van der Waals surface area contributed by atoms with Gasteiger partial charge in [-0.1, -0.05) is 12.1 Å². The fourth-order valence-corrected chi connectivity index (χ4v) is 5.49. The van der Waals surface area contributed by atoms with E-state index in [1.807, 2.05) is 23.6 Å². The molecule has 140 valence electrons. The largest absolute Gasteiger partial charge is 0.393 e. The Labute approximate surface area is 160 Å². The highest BCUT2D eigenvalue weighted by molar-refractivity contribution is 7.10. The molecule has 26 heavy (non-hydrogen) atoms. The fraction of sp³-hybridized carbons (Fsp3) is 0.571. The van der Waals surface area contributed by atoms with E-state index in [0.717, 1.165) is 64.2 Å². The number of hydrogen-bond acceptors (Lipinski definition) is 5. The van der Waals surface area contributed by atoms with Crippen molar-refractivity contribution < 1.29 is 5.11 Å². The number of aromatic nitrogens is 1. The van der Waals surface area contributed by atoms with Crippen LogP contribution in [-0.2, 0) is 5.41 Å². The van der Waals surface area contributed by atoms with Gasteiger partial charge in [0.2, 0.25) is 0 Å². The van der Waals surface area contributed by atoms with E-state index >= 15 is 0 Å². The van der Waals surface area contributed by atoms with Gasteiger partial charge in [-0.3, -0.25) is 4.90 Å². The highest BCUT2D eigenvalue weighted by Gasteiger charge is 2.37. The quantitative estimate of drug-likeness (QED) is 0.873. The molecule has 0 unspecified atom stereocenters. The Morgan fingerprint density at radius 1 is 1.08 bits per heavy atom. The van der Waals surface area contributed by atoms with Crippen molar-refractivity contribution in [3.05, 3.63) is 46.8 Å². The summed E-state index contributed by atoms with van der Waals surface area (Å²) in [6, 6.07) is 10.6. The second-order valence-corrected chi connectivity index (χ2v) is 8.70. The average molecular weight is 372 g/mol. The smallest absolute Gasteiger partial charge is 0.128 e. The average Bonchev–Trinajstić information content (AvgIpc) is 3.25. The van der Waals surface area contributed by atoms with E-state index < -0.39 is 0 Å². The van der Waals surface area contributed by atoms with Gasteiger partial charge in [-0.15, -0.1) is 11.3 Å². The number of rotatable bonds is 5. The van der Waals surface area contributed by atoms with E-state index in [9.17, 15) is 5.11 Å². The van der Waals surface area contributed by atoms with E-state index in [0.29, 0.717) is 0 Å². The zero-order chi connectivity index (χ0) is 17.8. The molecule has 2 aromatic heterocycles. The third-order valence-corrected chi connectivity index (χ3v) is 7.32. The number of aliphatic hydroxyl groups is 1. The molecule has 2 fully saturated rings. The van der Waals surface area contributed by atoms with E-state index in [-0.39, 0.29) is 11.5 Å². The van der Waals surface area contributed by atoms with Gasteiger partial charge in [0.15, 0.2) is 0 Å². The van der Waals surface area contributed by atoms with Gasteiger partial charge < -0.3 is 10.0 Å². The van der Waals surface area contributed by atoms with E-state index in [1.54, 1.807) is 0 Å². The van der Waals surface area contributed by atoms with Crippen molar-refractivity contribution in [2.45, 2.75) is 43.6 Å². The molecule has 0 atom stereocenters. The first-order valence-corrected chi connectivity index (χ1v) is 10.7. The molecule has 0 radical (unpaired) electrons. The van der Waals surface area contributed by atoms with Crippen LogP contribution in [0.4, 0.5) is 5.82 Å². The number of pyridine rings is 1. The highest BCUT2D eigenvalue weighted by Crippen LogP contribution is 2.44. The number of nitrogens with zero attached hydrogens (tertiary/aromatic N) is 3. The summed E-state index contributed by atoms with van der Waals surface area (Å²) in [5.74, 6) is 1.10. The SMILES string of the molecule is OC1CCC(CCN2CCN(c3ccccn3)CC2)(c2cccs2)CC1. The van der Waals surface area contributed by atoms with Crippen molar-refractivity contribution in [3.63, 3.8) is 0 Å². The molecule has 0 bridgehead atoms. The Balaban J connectivity index is 1.34. The Kier molecular flexibility index (Phi) is 5.57. The Hall–Kier alpha value is -1.43. The Morgan fingerprint density at radius 2 is 1.88 bits per heavy atom. The van der Waals surface area contributed by atoms with Crippen molar-refractivity contribution in [1.29, 1.82) is 0 Å².